The smallest absolute Gasteiger partial charge is 0.184 e. The number of ether oxygens (including phenoxy) is 1. The molecule has 1 aromatic rings. The van der Waals surface area contributed by atoms with Crippen LogP contribution in [0.3, 0.4) is 0 Å². The highest BCUT2D eigenvalue weighted by atomic mass is 79.9. The Balaban J connectivity index is 1.86. The van der Waals surface area contributed by atoms with Crippen molar-refractivity contribution in [2.75, 3.05) is 7.11 Å². The predicted molar refractivity (Wildman–Crippen MR) is 96.0 cm³/mol. The van der Waals surface area contributed by atoms with Crippen LogP contribution in [0.15, 0.2) is 32.7 Å². The number of hydrogen-bond donors (Lipinski definition) is 1. The second kappa shape index (κ2) is 5.15. The molecule has 1 aliphatic heterocycles. The van der Waals surface area contributed by atoms with E-state index in [1.807, 2.05) is 14.0 Å². The molecular weight excluding hydrogens is 354 g/mol. The van der Waals surface area contributed by atoms with Gasteiger partial charge in [0, 0.05) is 22.6 Å². The van der Waals surface area contributed by atoms with E-state index in [9.17, 15) is 0 Å². The van der Waals surface area contributed by atoms with E-state index in [0.717, 1.165) is 42.3 Å². The summed E-state index contributed by atoms with van der Waals surface area (Å²) in [4.78, 5) is 9.98. The first kappa shape index (κ1) is 15.3. The predicted octanol–water partition coefficient (Wildman–Crippen LogP) is 3.57. The monoisotopic (exact) mass is 375 g/mol. The van der Waals surface area contributed by atoms with Crippen LogP contribution in [-0.2, 0) is 16.8 Å². The minimum Gasteiger partial charge on any atom is -0.382 e. The Morgan fingerprint density at radius 2 is 2.00 bits per heavy atom. The molecule has 1 heterocycles. The Labute approximate surface area is 145 Å². The molecular formula is C18H22BrN3O. The standard InChI is InChI=1S/C18H22BrN3O/c1-11-16(20)22-18(21-11)15-9-13(19)4-3-12(15)10-17(18)7-5-14(23-2)6-8-17/h3-4,9,14H,5-8,10H2,1-2H3,(H2,20,22)/t14-,17+,18?. The lowest BCUT2D eigenvalue weighted by atomic mass is 9.65. The van der Waals surface area contributed by atoms with E-state index in [4.69, 9.17) is 20.5 Å². The number of hydrogen-bond acceptors (Lipinski definition) is 4. The van der Waals surface area contributed by atoms with Crippen LogP contribution in [0.1, 0.15) is 43.7 Å². The van der Waals surface area contributed by atoms with Gasteiger partial charge in [0.2, 0.25) is 0 Å². The normalized spacial score (nSPS) is 35.5. The second-order valence-corrected chi connectivity index (χ2v) is 7.98. The van der Waals surface area contributed by atoms with Gasteiger partial charge in [-0.3, -0.25) is 4.99 Å². The van der Waals surface area contributed by atoms with Gasteiger partial charge < -0.3 is 10.5 Å². The van der Waals surface area contributed by atoms with Crippen LogP contribution < -0.4 is 5.73 Å². The number of rotatable bonds is 1. The maximum Gasteiger partial charge on any atom is 0.184 e. The summed E-state index contributed by atoms with van der Waals surface area (Å²) < 4.78 is 6.66. The van der Waals surface area contributed by atoms with Gasteiger partial charge in [-0.1, -0.05) is 22.0 Å². The first-order valence-corrected chi connectivity index (χ1v) is 9.03. The third kappa shape index (κ3) is 2.06. The van der Waals surface area contributed by atoms with Crippen molar-refractivity contribution in [1.29, 1.82) is 0 Å². The summed E-state index contributed by atoms with van der Waals surface area (Å²) >= 11 is 3.61. The second-order valence-electron chi connectivity index (χ2n) is 7.06. The molecule has 0 bridgehead atoms. The molecule has 0 radical (unpaired) electrons. The Hall–Kier alpha value is -1.20. The Bertz CT molecular complexity index is 699. The maximum atomic E-state index is 6.15. The lowest BCUT2D eigenvalue weighted by Crippen LogP contribution is -2.43. The van der Waals surface area contributed by atoms with Crippen molar-refractivity contribution in [2.24, 2.45) is 21.1 Å². The highest BCUT2D eigenvalue weighted by Gasteiger charge is 2.60. The van der Waals surface area contributed by atoms with Gasteiger partial charge >= 0.3 is 0 Å². The molecule has 2 spiro atoms. The molecule has 1 atom stereocenters. The van der Waals surface area contributed by atoms with Crippen LogP contribution >= 0.6 is 15.9 Å². The van der Waals surface area contributed by atoms with Gasteiger partial charge in [0.1, 0.15) is 5.84 Å². The fourth-order valence-corrected chi connectivity index (χ4v) is 5.00. The van der Waals surface area contributed by atoms with Crippen LogP contribution in [0.2, 0.25) is 0 Å². The highest BCUT2D eigenvalue weighted by molar-refractivity contribution is 9.10. The Morgan fingerprint density at radius 1 is 1.26 bits per heavy atom. The fourth-order valence-electron chi connectivity index (χ4n) is 4.64. The lowest BCUT2D eigenvalue weighted by molar-refractivity contribution is -0.000382. The molecule has 0 aromatic heterocycles. The van der Waals surface area contributed by atoms with Crippen molar-refractivity contribution in [2.45, 2.75) is 50.8 Å². The number of benzene rings is 1. The van der Waals surface area contributed by atoms with Gasteiger partial charge in [-0.2, -0.15) is 0 Å². The number of nitrogens with two attached hydrogens (primary N) is 1. The summed E-state index contributed by atoms with van der Waals surface area (Å²) in [6.07, 6.45) is 5.67. The van der Waals surface area contributed by atoms with Gasteiger partial charge in [0.25, 0.3) is 0 Å². The van der Waals surface area contributed by atoms with Gasteiger partial charge in [0.05, 0.1) is 11.8 Å². The number of nitrogens with zero attached hydrogens (tertiary/aromatic N) is 2. The van der Waals surface area contributed by atoms with Gasteiger partial charge in [-0.25, -0.2) is 4.99 Å². The van der Waals surface area contributed by atoms with E-state index >= 15 is 0 Å². The van der Waals surface area contributed by atoms with E-state index in [-0.39, 0.29) is 5.41 Å². The first-order chi connectivity index (χ1) is 11.0. The average molecular weight is 376 g/mol. The van der Waals surface area contributed by atoms with Crippen molar-refractivity contribution in [1.82, 2.24) is 0 Å². The molecule has 0 amide bonds. The van der Waals surface area contributed by atoms with Crippen LogP contribution in [0, 0.1) is 5.41 Å². The third-order valence-electron chi connectivity index (χ3n) is 5.92. The van der Waals surface area contributed by atoms with Crippen molar-refractivity contribution in [3.05, 3.63) is 33.8 Å². The summed E-state index contributed by atoms with van der Waals surface area (Å²) in [5.74, 6) is 0.589. The van der Waals surface area contributed by atoms with E-state index in [2.05, 4.69) is 34.1 Å². The zero-order chi connectivity index (χ0) is 16.2. The summed E-state index contributed by atoms with van der Waals surface area (Å²) in [6.45, 7) is 1.97. The summed E-state index contributed by atoms with van der Waals surface area (Å²) in [7, 11) is 1.81. The van der Waals surface area contributed by atoms with Crippen molar-refractivity contribution < 1.29 is 4.74 Å². The van der Waals surface area contributed by atoms with E-state index in [1.165, 1.54) is 11.1 Å². The van der Waals surface area contributed by atoms with Crippen LogP contribution in [-0.4, -0.2) is 24.8 Å². The van der Waals surface area contributed by atoms with E-state index in [0.29, 0.717) is 11.9 Å². The summed E-state index contributed by atoms with van der Waals surface area (Å²) in [5.41, 5.74) is 9.11. The molecule has 2 N–H and O–H groups in total. The quantitative estimate of drug-likeness (QED) is 0.815. The number of methoxy groups -OCH3 is 1. The summed E-state index contributed by atoms with van der Waals surface area (Å²) in [5, 5.41) is 0. The number of amidine groups is 1. The van der Waals surface area contributed by atoms with Gasteiger partial charge in [-0.05, 0) is 56.7 Å². The molecule has 4 rings (SSSR count). The molecule has 3 aliphatic rings. The van der Waals surface area contributed by atoms with Crippen molar-refractivity contribution in [3.8, 4) is 0 Å². The number of halogens is 1. The zero-order valence-corrected chi connectivity index (χ0v) is 15.2. The molecule has 5 heteroatoms. The molecule has 1 unspecified atom stereocenters. The first-order valence-electron chi connectivity index (χ1n) is 8.23. The molecule has 1 aromatic carbocycles. The van der Waals surface area contributed by atoms with Crippen molar-refractivity contribution in [3.63, 3.8) is 0 Å². The minimum absolute atomic E-state index is 0.0353. The molecule has 1 fully saturated rings. The number of fused-ring (bicyclic) bond motifs is 3. The van der Waals surface area contributed by atoms with E-state index < -0.39 is 5.66 Å². The Kier molecular flexibility index (Phi) is 3.43. The van der Waals surface area contributed by atoms with Gasteiger partial charge in [0.15, 0.2) is 5.66 Å². The summed E-state index contributed by atoms with van der Waals surface area (Å²) in [6, 6.07) is 6.52. The molecule has 122 valence electrons. The van der Waals surface area contributed by atoms with Crippen LogP contribution in [0.5, 0.6) is 0 Å². The average Bonchev–Trinajstić information content (AvgIpc) is 2.97. The largest absolute Gasteiger partial charge is 0.382 e. The lowest BCUT2D eigenvalue weighted by Gasteiger charge is -2.44. The van der Waals surface area contributed by atoms with Gasteiger partial charge in [-0.15, -0.1) is 0 Å². The number of aliphatic imine (C=N–C) groups is 2. The molecule has 0 saturated heterocycles. The third-order valence-corrected chi connectivity index (χ3v) is 6.41. The SMILES string of the molecule is CO[C@H]1CC[C@@]2(CC1)Cc1ccc(Br)cc1C21N=C(C)C(N)=N1. The van der Waals surface area contributed by atoms with Crippen LogP contribution in [0.4, 0.5) is 0 Å². The van der Waals surface area contributed by atoms with E-state index in [1.54, 1.807) is 0 Å². The van der Waals surface area contributed by atoms with Crippen LogP contribution in [0.25, 0.3) is 0 Å². The van der Waals surface area contributed by atoms with Crippen molar-refractivity contribution >= 4 is 27.5 Å². The molecule has 23 heavy (non-hydrogen) atoms. The minimum atomic E-state index is -0.529. The highest BCUT2D eigenvalue weighted by Crippen LogP contribution is 2.61. The molecule has 2 aliphatic carbocycles. The topological polar surface area (TPSA) is 60.0 Å². The zero-order valence-electron chi connectivity index (χ0n) is 13.6. The Morgan fingerprint density at radius 3 is 2.61 bits per heavy atom. The maximum absolute atomic E-state index is 6.15. The molecule has 1 saturated carbocycles. The molecule has 4 nitrogen and oxygen atoms in total. The fraction of sp³-hybridized carbons (Fsp3) is 0.556.